The molecule has 4 N–H and O–H groups in total. The standard InChI is InChI=1S/C37H35N3O6/c1-45-32-20-25(36(42)43)16-18-28(32)33(35(41)40-34(23-10-4-2-5-11-23)24-12-6-3-7-13-24)30-22-38-31-19-17-26(21-29(30)31)39-37(44)46-27-14-8-9-15-27/h2-7,10-13,16-22,27,33-34,38H,8-9,14-15H2,1H3,(H,39,44)(H,40,41)(H,42,43). The minimum Gasteiger partial charge on any atom is -0.496 e. The fraction of sp³-hybridized carbons (Fsp3) is 0.216. The number of carboxylic acids is 1. The number of carbonyl (C=O) groups excluding carboxylic acids is 2. The number of hydrogen-bond donors (Lipinski definition) is 4. The SMILES string of the molecule is COc1cc(C(=O)O)ccc1C(C(=O)NC(c1ccccc1)c1ccccc1)c1c[nH]c2ccc(NC(=O)OC3CCCC3)cc12. The zero-order valence-electron chi connectivity index (χ0n) is 25.4. The summed E-state index contributed by atoms with van der Waals surface area (Å²) in [4.78, 5) is 42.3. The molecule has 6 rings (SSSR count). The number of ether oxygens (including phenoxy) is 2. The van der Waals surface area contributed by atoms with Gasteiger partial charge in [-0.25, -0.2) is 9.59 Å². The van der Waals surface area contributed by atoms with Gasteiger partial charge < -0.3 is 24.9 Å². The van der Waals surface area contributed by atoms with Crippen molar-refractivity contribution in [3.8, 4) is 5.75 Å². The minimum atomic E-state index is -1.11. The molecule has 9 nitrogen and oxygen atoms in total. The quantitative estimate of drug-likeness (QED) is 0.129. The van der Waals surface area contributed by atoms with Crippen molar-refractivity contribution in [3.05, 3.63) is 131 Å². The number of aromatic nitrogens is 1. The molecule has 1 aromatic heterocycles. The lowest BCUT2D eigenvalue weighted by atomic mass is 9.87. The van der Waals surface area contributed by atoms with Crippen LogP contribution in [0, 0.1) is 0 Å². The van der Waals surface area contributed by atoms with E-state index in [0.29, 0.717) is 22.2 Å². The average molecular weight is 618 g/mol. The predicted octanol–water partition coefficient (Wildman–Crippen LogP) is 7.40. The van der Waals surface area contributed by atoms with Crippen LogP contribution in [0.3, 0.4) is 0 Å². The molecule has 0 saturated heterocycles. The van der Waals surface area contributed by atoms with Crippen LogP contribution in [0.4, 0.5) is 10.5 Å². The van der Waals surface area contributed by atoms with E-state index in [1.165, 1.54) is 19.2 Å². The van der Waals surface area contributed by atoms with Crippen molar-refractivity contribution in [2.45, 2.75) is 43.7 Å². The van der Waals surface area contributed by atoms with Crippen molar-refractivity contribution in [3.63, 3.8) is 0 Å². The van der Waals surface area contributed by atoms with Crippen molar-refractivity contribution in [2.24, 2.45) is 0 Å². The number of carbonyl (C=O) groups is 3. The summed E-state index contributed by atoms with van der Waals surface area (Å²) in [6, 6.07) is 28.8. The molecule has 0 aliphatic heterocycles. The van der Waals surface area contributed by atoms with E-state index in [1.807, 2.05) is 66.7 Å². The molecular weight excluding hydrogens is 582 g/mol. The van der Waals surface area contributed by atoms with Crippen LogP contribution < -0.4 is 15.4 Å². The van der Waals surface area contributed by atoms with Crippen LogP contribution in [0.15, 0.2) is 103 Å². The van der Waals surface area contributed by atoms with Crippen LogP contribution in [0.2, 0.25) is 0 Å². The maximum atomic E-state index is 14.6. The number of H-pyrrole nitrogens is 1. The molecule has 0 spiro atoms. The van der Waals surface area contributed by atoms with Crippen LogP contribution in [0.1, 0.15) is 70.3 Å². The summed E-state index contributed by atoms with van der Waals surface area (Å²) in [7, 11) is 1.45. The summed E-state index contributed by atoms with van der Waals surface area (Å²) in [6.45, 7) is 0. The van der Waals surface area contributed by atoms with Crippen LogP contribution in [0.5, 0.6) is 5.75 Å². The number of aromatic carboxylic acids is 1. The Morgan fingerprint density at radius 2 is 1.52 bits per heavy atom. The third-order valence-corrected chi connectivity index (χ3v) is 8.45. The van der Waals surface area contributed by atoms with Gasteiger partial charge in [-0.15, -0.1) is 0 Å². The number of aromatic amines is 1. The van der Waals surface area contributed by atoms with Gasteiger partial charge in [0.1, 0.15) is 11.9 Å². The molecule has 1 aliphatic rings. The first-order valence-electron chi connectivity index (χ1n) is 15.3. The predicted molar refractivity (Wildman–Crippen MR) is 175 cm³/mol. The zero-order chi connectivity index (χ0) is 32.0. The second-order valence-corrected chi connectivity index (χ2v) is 11.4. The lowest BCUT2D eigenvalue weighted by Crippen LogP contribution is -2.34. The molecule has 1 saturated carbocycles. The summed E-state index contributed by atoms with van der Waals surface area (Å²) >= 11 is 0. The Morgan fingerprint density at radius 3 is 2.15 bits per heavy atom. The highest BCUT2D eigenvalue weighted by Crippen LogP contribution is 2.38. The first kappa shape index (κ1) is 30.5. The highest BCUT2D eigenvalue weighted by atomic mass is 16.6. The molecule has 234 valence electrons. The fourth-order valence-corrected chi connectivity index (χ4v) is 6.17. The lowest BCUT2D eigenvalue weighted by Gasteiger charge is -2.25. The monoisotopic (exact) mass is 617 g/mol. The van der Waals surface area contributed by atoms with Gasteiger partial charge in [-0.3, -0.25) is 10.1 Å². The zero-order valence-corrected chi connectivity index (χ0v) is 25.4. The molecule has 1 fully saturated rings. The van der Waals surface area contributed by atoms with Crippen molar-refractivity contribution in [2.75, 3.05) is 12.4 Å². The smallest absolute Gasteiger partial charge is 0.411 e. The van der Waals surface area contributed by atoms with Crippen LogP contribution >= 0.6 is 0 Å². The van der Waals surface area contributed by atoms with Crippen molar-refractivity contribution >= 4 is 34.6 Å². The Balaban J connectivity index is 1.42. The molecule has 9 heteroatoms. The van der Waals surface area contributed by atoms with E-state index < -0.39 is 24.0 Å². The van der Waals surface area contributed by atoms with Gasteiger partial charge in [0, 0.05) is 28.4 Å². The maximum absolute atomic E-state index is 14.6. The maximum Gasteiger partial charge on any atom is 0.411 e. The highest BCUT2D eigenvalue weighted by molar-refractivity contribution is 5.98. The van der Waals surface area contributed by atoms with Crippen LogP contribution in [-0.4, -0.2) is 41.3 Å². The summed E-state index contributed by atoms with van der Waals surface area (Å²) < 4.78 is 11.3. The molecule has 2 amide bonds. The number of carboxylic acid groups (broad SMARTS) is 1. The Hall–Kier alpha value is -5.57. The summed E-state index contributed by atoms with van der Waals surface area (Å²) in [5.41, 5.74) is 4.24. The molecule has 1 unspecified atom stereocenters. The van der Waals surface area contributed by atoms with Crippen molar-refractivity contribution < 1.29 is 29.0 Å². The second kappa shape index (κ2) is 13.6. The van der Waals surface area contributed by atoms with Crippen molar-refractivity contribution in [1.29, 1.82) is 0 Å². The number of fused-ring (bicyclic) bond motifs is 1. The van der Waals surface area contributed by atoms with Crippen LogP contribution in [0.25, 0.3) is 10.9 Å². The molecule has 0 radical (unpaired) electrons. The number of rotatable bonds is 10. The molecule has 1 heterocycles. The van der Waals surface area contributed by atoms with Gasteiger partial charge in [0.25, 0.3) is 0 Å². The Bertz CT molecular complexity index is 1810. The van der Waals surface area contributed by atoms with E-state index in [1.54, 1.807) is 24.4 Å². The minimum absolute atomic E-state index is 0.0393. The number of hydrogen-bond acceptors (Lipinski definition) is 5. The van der Waals surface area contributed by atoms with Crippen molar-refractivity contribution in [1.82, 2.24) is 10.3 Å². The topological polar surface area (TPSA) is 130 Å². The lowest BCUT2D eigenvalue weighted by molar-refractivity contribution is -0.122. The Kier molecular flexibility index (Phi) is 9.01. The molecule has 1 aliphatic carbocycles. The number of nitrogens with one attached hydrogen (secondary N) is 3. The second-order valence-electron chi connectivity index (χ2n) is 11.4. The molecule has 0 bridgehead atoms. The third-order valence-electron chi connectivity index (χ3n) is 8.45. The van der Waals surface area contributed by atoms with E-state index in [4.69, 9.17) is 9.47 Å². The molecule has 5 aromatic rings. The van der Waals surface area contributed by atoms with Gasteiger partial charge in [-0.1, -0.05) is 66.7 Å². The molecular formula is C37H35N3O6. The summed E-state index contributed by atoms with van der Waals surface area (Å²) in [5.74, 6) is -2.08. The van der Waals surface area contributed by atoms with Gasteiger partial charge >= 0.3 is 12.1 Å². The fourth-order valence-electron chi connectivity index (χ4n) is 6.17. The largest absolute Gasteiger partial charge is 0.496 e. The number of benzene rings is 4. The normalized spacial score (nSPS) is 13.8. The third kappa shape index (κ3) is 6.58. The highest BCUT2D eigenvalue weighted by Gasteiger charge is 2.31. The van der Waals surface area contributed by atoms with E-state index in [9.17, 15) is 19.5 Å². The average Bonchev–Trinajstić information content (AvgIpc) is 3.74. The van der Waals surface area contributed by atoms with E-state index >= 15 is 0 Å². The van der Waals surface area contributed by atoms with Gasteiger partial charge in [0.2, 0.25) is 5.91 Å². The van der Waals surface area contributed by atoms with Gasteiger partial charge in [-0.2, -0.15) is 0 Å². The van der Waals surface area contributed by atoms with E-state index in [-0.39, 0.29) is 23.3 Å². The number of anilines is 1. The number of amides is 2. The molecule has 1 atom stereocenters. The van der Waals surface area contributed by atoms with Gasteiger partial charge in [0.05, 0.1) is 24.6 Å². The van der Waals surface area contributed by atoms with Crippen LogP contribution in [-0.2, 0) is 9.53 Å². The number of methoxy groups -OCH3 is 1. The van der Waals surface area contributed by atoms with Gasteiger partial charge in [-0.05, 0) is 72.7 Å². The molecule has 4 aromatic carbocycles. The van der Waals surface area contributed by atoms with E-state index in [2.05, 4.69) is 15.6 Å². The first-order chi connectivity index (χ1) is 22.4. The molecule has 46 heavy (non-hydrogen) atoms. The first-order valence-corrected chi connectivity index (χ1v) is 15.3. The van der Waals surface area contributed by atoms with Gasteiger partial charge in [0.15, 0.2) is 0 Å². The summed E-state index contributed by atoms with van der Waals surface area (Å²) in [6.07, 6.45) is 4.99. The van der Waals surface area contributed by atoms with E-state index in [0.717, 1.165) is 42.3 Å². The summed E-state index contributed by atoms with van der Waals surface area (Å²) in [5, 5.41) is 16.5. The Labute approximate surface area is 266 Å². The Morgan fingerprint density at radius 1 is 0.848 bits per heavy atom.